The van der Waals surface area contributed by atoms with Crippen LogP contribution in [0.3, 0.4) is 0 Å². The molecule has 1 aromatic carbocycles. The van der Waals surface area contributed by atoms with E-state index < -0.39 is 15.8 Å². The predicted molar refractivity (Wildman–Crippen MR) is 74.4 cm³/mol. The minimum Gasteiger partial charge on any atom is -0.478 e. The molecule has 0 aromatic heterocycles. The molecule has 7 heteroatoms. The second-order valence-corrected chi connectivity index (χ2v) is 6.74. The number of carbonyl (C=O) groups is 2. The molecule has 0 fully saturated rings. The molecular weight excluding hydrogens is 282 g/mol. The first-order chi connectivity index (χ1) is 9.34. The van der Waals surface area contributed by atoms with Crippen LogP contribution in [0.5, 0.6) is 0 Å². The highest BCUT2D eigenvalue weighted by atomic mass is 32.2. The van der Waals surface area contributed by atoms with Crippen LogP contribution in [0, 0.1) is 0 Å². The number of amides is 1. The number of carbonyl (C=O) groups excluding carboxylic acids is 1. The van der Waals surface area contributed by atoms with E-state index in [1.807, 2.05) is 0 Å². The molecule has 0 spiro atoms. The van der Waals surface area contributed by atoms with Crippen LogP contribution in [0.2, 0.25) is 0 Å². The topological polar surface area (TPSA) is 101 Å². The van der Waals surface area contributed by atoms with E-state index in [4.69, 9.17) is 5.11 Å². The first-order valence-corrected chi connectivity index (χ1v) is 7.95. The standard InChI is InChI=1S/C13H17NO5S/c1-2-20(18,19)7-6-14-12(15)9-10-4-3-5-11(8-10)13(16)17/h3-5,8H,2,6-7,9H2,1H3,(H,14,15)(H,16,17). The van der Waals surface area contributed by atoms with E-state index in [1.54, 1.807) is 19.1 Å². The van der Waals surface area contributed by atoms with E-state index in [0.717, 1.165) is 0 Å². The van der Waals surface area contributed by atoms with Gasteiger partial charge >= 0.3 is 5.97 Å². The van der Waals surface area contributed by atoms with Crippen molar-refractivity contribution in [2.75, 3.05) is 18.1 Å². The summed E-state index contributed by atoms with van der Waals surface area (Å²) in [5.41, 5.74) is 0.685. The van der Waals surface area contributed by atoms with E-state index in [0.29, 0.717) is 5.56 Å². The predicted octanol–water partition coefficient (Wildman–Crippen LogP) is 0.478. The molecule has 2 N–H and O–H groups in total. The highest BCUT2D eigenvalue weighted by Gasteiger charge is 2.10. The van der Waals surface area contributed by atoms with Crippen molar-refractivity contribution in [1.29, 1.82) is 0 Å². The monoisotopic (exact) mass is 299 g/mol. The van der Waals surface area contributed by atoms with Crippen LogP contribution in [0.15, 0.2) is 24.3 Å². The van der Waals surface area contributed by atoms with Gasteiger partial charge in [-0.05, 0) is 17.7 Å². The fourth-order valence-electron chi connectivity index (χ4n) is 1.55. The molecule has 0 aliphatic heterocycles. The normalized spacial score (nSPS) is 11.1. The number of aromatic carboxylic acids is 1. The molecule has 0 radical (unpaired) electrons. The Hall–Kier alpha value is -1.89. The Morgan fingerprint density at radius 2 is 2.00 bits per heavy atom. The summed E-state index contributed by atoms with van der Waals surface area (Å²) in [4.78, 5) is 22.4. The third kappa shape index (κ3) is 5.40. The van der Waals surface area contributed by atoms with Crippen molar-refractivity contribution in [2.24, 2.45) is 0 Å². The maximum absolute atomic E-state index is 11.6. The molecule has 1 amide bonds. The molecule has 0 saturated heterocycles. The van der Waals surface area contributed by atoms with Gasteiger partial charge in [0.05, 0.1) is 17.7 Å². The lowest BCUT2D eigenvalue weighted by Gasteiger charge is -2.06. The Kier molecular flexibility index (Phi) is 5.69. The highest BCUT2D eigenvalue weighted by molar-refractivity contribution is 7.91. The van der Waals surface area contributed by atoms with E-state index >= 15 is 0 Å². The number of hydrogen-bond donors (Lipinski definition) is 2. The Morgan fingerprint density at radius 3 is 2.60 bits per heavy atom. The number of sulfone groups is 1. The van der Waals surface area contributed by atoms with Gasteiger partial charge in [-0.1, -0.05) is 19.1 Å². The van der Waals surface area contributed by atoms with Crippen LogP contribution in [-0.4, -0.2) is 43.5 Å². The molecule has 6 nitrogen and oxygen atoms in total. The number of hydrogen-bond acceptors (Lipinski definition) is 4. The molecule has 110 valence electrons. The number of carboxylic acids is 1. The molecule has 1 aromatic rings. The van der Waals surface area contributed by atoms with Gasteiger partial charge in [-0.15, -0.1) is 0 Å². The summed E-state index contributed by atoms with van der Waals surface area (Å²) in [6.45, 7) is 1.61. The third-order valence-corrected chi connectivity index (χ3v) is 4.42. The summed E-state index contributed by atoms with van der Waals surface area (Å²) in [5, 5.41) is 11.3. The van der Waals surface area contributed by atoms with Gasteiger partial charge in [0.25, 0.3) is 0 Å². The number of nitrogens with one attached hydrogen (secondary N) is 1. The molecule has 0 saturated carbocycles. The Morgan fingerprint density at radius 1 is 1.30 bits per heavy atom. The summed E-state index contributed by atoms with van der Waals surface area (Å²) in [5.74, 6) is -1.44. The fraction of sp³-hybridized carbons (Fsp3) is 0.385. The van der Waals surface area contributed by atoms with Gasteiger partial charge < -0.3 is 10.4 Å². The lowest BCUT2D eigenvalue weighted by Crippen LogP contribution is -2.30. The van der Waals surface area contributed by atoms with Gasteiger partial charge in [0, 0.05) is 12.3 Å². The second kappa shape index (κ2) is 7.04. The smallest absolute Gasteiger partial charge is 0.335 e. The fourth-order valence-corrected chi connectivity index (χ4v) is 2.25. The Bertz CT molecular complexity index is 595. The average molecular weight is 299 g/mol. The van der Waals surface area contributed by atoms with Gasteiger partial charge in [-0.25, -0.2) is 13.2 Å². The van der Waals surface area contributed by atoms with Crippen LogP contribution in [-0.2, 0) is 21.1 Å². The number of carboxylic acid groups (broad SMARTS) is 1. The summed E-state index contributed by atoms with van der Waals surface area (Å²) < 4.78 is 22.5. The van der Waals surface area contributed by atoms with Crippen LogP contribution < -0.4 is 5.32 Å². The lowest BCUT2D eigenvalue weighted by molar-refractivity contribution is -0.120. The van der Waals surface area contributed by atoms with Crippen molar-refractivity contribution in [1.82, 2.24) is 5.32 Å². The molecule has 0 bridgehead atoms. The van der Waals surface area contributed by atoms with Gasteiger partial charge in [0.2, 0.25) is 5.91 Å². The van der Waals surface area contributed by atoms with Crippen molar-refractivity contribution in [3.63, 3.8) is 0 Å². The Balaban J connectivity index is 2.51. The van der Waals surface area contributed by atoms with Crippen LogP contribution in [0.1, 0.15) is 22.8 Å². The minimum absolute atomic E-state index is 0.0211. The largest absolute Gasteiger partial charge is 0.478 e. The lowest BCUT2D eigenvalue weighted by atomic mass is 10.1. The van der Waals surface area contributed by atoms with Gasteiger partial charge in [0.15, 0.2) is 9.84 Å². The van der Waals surface area contributed by atoms with Crippen molar-refractivity contribution in [3.8, 4) is 0 Å². The molecule has 1 rings (SSSR count). The van der Waals surface area contributed by atoms with Gasteiger partial charge in [-0.2, -0.15) is 0 Å². The zero-order valence-corrected chi connectivity index (χ0v) is 11.9. The minimum atomic E-state index is -3.10. The maximum atomic E-state index is 11.6. The van der Waals surface area contributed by atoms with Crippen LogP contribution in [0.4, 0.5) is 0 Å². The zero-order chi connectivity index (χ0) is 15.2. The summed E-state index contributed by atoms with van der Waals surface area (Å²) in [7, 11) is -3.10. The van der Waals surface area contributed by atoms with E-state index in [-0.39, 0.29) is 35.9 Å². The zero-order valence-electron chi connectivity index (χ0n) is 11.1. The van der Waals surface area contributed by atoms with Crippen molar-refractivity contribution < 1.29 is 23.1 Å². The highest BCUT2D eigenvalue weighted by Crippen LogP contribution is 2.06. The Labute approximate surface area is 117 Å². The van der Waals surface area contributed by atoms with Crippen molar-refractivity contribution >= 4 is 21.7 Å². The molecule has 0 unspecified atom stereocenters. The SMILES string of the molecule is CCS(=O)(=O)CCNC(=O)Cc1cccc(C(=O)O)c1. The third-order valence-electron chi connectivity index (χ3n) is 2.71. The first-order valence-electron chi connectivity index (χ1n) is 6.13. The number of rotatable bonds is 7. The molecule has 0 aliphatic carbocycles. The molecule has 0 aliphatic rings. The van der Waals surface area contributed by atoms with Crippen LogP contribution >= 0.6 is 0 Å². The average Bonchev–Trinajstić information content (AvgIpc) is 2.38. The molecular formula is C13H17NO5S. The summed E-state index contributed by atoms with van der Waals surface area (Å²) >= 11 is 0. The summed E-state index contributed by atoms with van der Waals surface area (Å²) in [6.07, 6.45) is 0.0211. The maximum Gasteiger partial charge on any atom is 0.335 e. The molecule has 20 heavy (non-hydrogen) atoms. The van der Waals surface area contributed by atoms with E-state index in [9.17, 15) is 18.0 Å². The summed E-state index contributed by atoms with van der Waals surface area (Å²) in [6, 6.07) is 6.07. The van der Waals surface area contributed by atoms with Crippen molar-refractivity contribution in [2.45, 2.75) is 13.3 Å². The quantitative estimate of drug-likeness (QED) is 0.762. The molecule has 0 atom stereocenters. The van der Waals surface area contributed by atoms with E-state index in [2.05, 4.69) is 5.32 Å². The number of benzene rings is 1. The van der Waals surface area contributed by atoms with Gasteiger partial charge in [0.1, 0.15) is 0 Å². The second-order valence-electron chi connectivity index (χ2n) is 4.27. The van der Waals surface area contributed by atoms with E-state index in [1.165, 1.54) is 12.1 Å². The van der Waals surface area contributed by atoms with Crippen LogP contribution in [0.25, 0.3) is 0 Å². The van der Waals surface area contributed by atoms with Crippen molar-refractivity contribution in [3.05, 3.63) is 35.4 Å². The van der Waals surface area contributed by atoms with Gasteiger partial charge in [-0.3, -0.25) is 4.79 Å². The first kappa shape index (κ1) is 16.2. The molecule has 0 heterocycles.